The van der Waals surface area contributed by atoms with E-state index in [4.69, 9.17) is 4.74 Å². The van der Waals surface area contributed by atoms with E-state index in [1.165, 1.54) is 6.07 Å². The minimum atomic E-state index is -0.626. The maximum absolute atomic E-state index is 14.2. The predicted molar refractivity (Wildman–Crippen MR) is 115 cm³/mol. The normalized spacial score (nSPS) is 16.5. The van der Waals surface area contributed by atoms with Crippen molar-refractivity contribution >= 4 is 17.5 Å². The smallest absolute Gasteiger partial charge is 0.264 e. The second-order valence-electron chi connectivity index (χ2n) is 8.91. The van der Waals surface area contributed by atoms with Crippen molar-refractivity contribution < 1.29 is 18.7 Å². The van der Waals surface area contributed by atoms with Gasteiger partial charge in [-0.05, 0) is 36.1 Å². The number of rotatable bonds is 5. The van der Waals surface area contributed by atoms with Gasteiger partial charge in [0.15, 0.2) is 6.10 Å². The van der Waals surface area contributed by atoms with Gasteiger partial charge in [-0.2, -0.15) is 0 Å². The highest BCUT2D eigenvalue weighted by Crippen LogP contribution is 2.31. The molecular formula is C24H29FN2O3. The van der Waals surface area contributed by atoms with Crippen molar-refractivity contribution in [2.45, 2.75) is 59.7 Å². The van der Waals surface area contributed by atoms with E-state index in [2.05, 4.69) is 5.32 Å². The van der Waals surface area contributed by atoms with Gasteiger partial charge in [0, 0.05) is 36.3 Å². The molecule has 0 saturated carbocycles. The summed E-state index contributed by atoms with van der Waals surface area (Å²) in [4.78, 5) is 26.9. The Kier molecular flexibility index (Phi) is 6.44. The van der Waals surface area contributed by atoms with Crippen molar-refractivity contribution in [3.05, 3.63) is 59.4 Å². The summed E-state index contributed by atoms with van der Waals surface area (Å²) in [5, 5.41) is 2.92. The fraction of sp³-hybridized carbons (Fsp3) is 0.417. The van der Waals surface area contributed by atoms with Gasteiger partial charge in [0.2, 0.25) is 5.91 Å². The Balaban J connectivity index is 1.86. The number of ether oxygens (including phenoxy) is 1. The number of carbonyl (C=O) groups is 2. The van der Waals surface area contributed by atoms with Crippen LogP contribution in [-0.4, -0.2) is 22.8 Å². The van der Waals surface area contributed by atoms with Gasteiger partial charge in [0.05, 0.1) is 0 Å². The molecular weight excluding hydrogens is 383 g/mol. The molecule has 0 aromatic heterocycles. The first kappa shape index (κ1) is 21.8. The number of amides is 2. The number of benzene rings is 2. The van der Waals surface area contributed by atoms with E-state index in [9.17, 15) is 14.0 Å². The quantitative estimate of drug-likeness (QED) is 0.760. The summed E-state index contributed by atoms with van der Waals surface area (Å²) in [6.07, 6.45) is 0.284. The zero-order valence-corrected chi connectivity index (χ0v) is 18.0. The summed E-state index contributed by atoms with van der Waals surface area (Å²) in [6, 6.07) is 11.8. The lowest BCUT2D eigenvalue weighted by molar-refractivity contribution is -0.139. The topological polar surface area (TPSA) is 58.6 Å². The van der Waals surface area contributed by atoms with E-state index in [0.717, 1.165) is 5.56 Å². The summed E-state index contributed by atoms with van der Waals surface area (Å²) in [5.74, 6) is 0.0324. The SMILES string of the molecule is CC[C@H]1Oc2ccc(NC(=O)CC(C)(C)C)cc2CN(Cc2ccccc2F)C1=O. The average molecular weight is 413 g/mol. The Hall–Kier alpha value is -2.89. The average Bonchev–Trinajstić information content (AvgIpc) is 2.78. The minimum Gasteiger partial charge on any atom is -0.480 e. The first-order valence-corrected chi connectivity index (χ1v) is 10.3. The van der Waals surface area contributed by atoms with Crippen LogP contribution in [0, 0.1) is 11.2 Å². The zero-order chi connectivity index (χ0) is 21.9. The zero-order valence-electron chi connectivity index (χ0n) is 18.0. The molecule has 0 unspecified atom stereocenters. The van der Waals surface area contributed by atoms with Gasteiger partial charge in [0.25, 0.3) is 5.91 Å². The molecule has 2 aromatic carbocycles. The van der Waals surface area contributed by atoms with Crippen LogP contribution in [0.3, 0.4) is 0 Å². The van der Waals surface area contributed by atoms with Crippen LogP contribution in [0.5, 0.6) is 5.75 Å². The Bertz CT molecular complexity index is 936. The third-order valence-electron chi connectivity index (χ3n) is 4.94. The maximum atomic E-state index is 14.2. The lowest BCUT2D eigenvalue weighted by atomic mass is 9.92. The highest BCUT2D eigenvalue weighted by molar-refractivity contribution is 5.91. The molecule has 1 N–H and O–H groups in total. The van der Waals surface area contributed by atoms with Crippen LogP contribution in [0.2, 0.25) is 0 Å². The number of halogens is 1. The van der Waals surface area contributed by atoms with E-state index in [1.807, 2.05) is 33.8 Å². The molecule has 0 bridgehead atoms. The molecule has 6 heteroatoms. The standard InChI is InChI=1S/C24H29FN2O3/c1-5-20-23(29)27(14-16-8-6-7-9-19(16)25)15-17-12-18(10-11-21(17)30-20)26-22(28)13-24(2,3)4/h6-12,20H,5,13-15H2,1-4H3,(H,26,28)/t20-/m1/s1. The van der Waals surface area contributed by atoms with Crippen molar-refractivity contribution in [2.24, 2.45) is 5.41 Å². The van der Waals surface area contributed by atoms with Crippen LogP contribution < -0.4 is 10.1 Å². The molecule has 0 radical (unpaired) electrons. The third kappa shape index (κ3) is 5.38. The number of hydrogen-bond acceptors (Lipinski definition) is 3. The van der Waals surface area contributed by atoms with Crippen molar-refractivity contribution in [2.75, 3.05) is 5.32 Å². The molecule has 5 nitrogen and oxygen atoms in total. The van der Waals surface area contributed by atoms with Crippen LogP contribution in [0.1, 0.15) is 51.7 Å². The highest BCUT2D eigenvalue weighted by atomic mass is 19.1. The van der Waals surface area contributed by atoms with Gasteiger partial charge < -0.3 is 15.0 Å². The molecule has 160 valence electrons. The summed E-state index contributed by atoms with van der Waals surface area (Å²) < 4.78 is 20.1. The summed E-state index contributed by atoms with van der Waals surface area (Å²) >= 11 is 0. The molecule has 2 amide bonds. The van der Waals surface area contributed by atoms with E-state index in [0.29, 0.717) is 29.8 Å². The maximum Gasteiger partial charge on any atom is 0.264 e. The van der Waals surface area contributed by atoms with Crippen molar-refractivity contribution in [1.29, 1.82) is 0 Å². The predicted octanol–water partition coefficient (Wildman–Crippen LogP) is 4.90. The lowest BCUT2D eigenvalue weighted by Crippen LogP contribution is -2.39. The van der Waals surface area contributed by atoms with Gasteiger partial charge in [0.1, 0.15) is 11.6 Å². The van der Waals surface area contributed by atoms with Gasteiger partial charge in [-0.3, -0.25) is 9.59 Å². The lowest BCUT2D eigenvalue weighted by Gasteiger charge is -2.23. The van der Waals surface area contributed by atoms with Crippen molar-refractivity contribution in [3.8, 4) is 5.75 Å². The van der Waals surface area contributed by atoms with Crippen LogP contribution in [0.25, 0.3) is 0 Å². The van der Waals surface area contributed by atoms with Crippen LogP contribution in [0.4, 0.5) is 10.1 Å². The van der Waals surface area contributed by atoms with Crippen LogP contribution in [0.15, 0.2) is 42.5 Å². The highest BCUT2D eigenvalue weighted by Gasteiger charge is 2.30. The summed E-state index contributed by atoms with van der Waals surface area (Å²) in [6.45, 7) is 8.35. The number of hydrogen-bond donors (Lipinski definition) is 1. The number of carbonyl (C=O) groups excluding carboxylic acids is 2. The first-order valence-electron chi connectivity index (χ1n) is 10.3. The van der Waals surface area contributed by atoms with Crippen LogP contribution >= 0.6 is 0 Å². The number of nitrogens with zero attached hydrogens (tertiary/aromatic N) is 1. The fourth-order valence-corrected chi connectivity index (χ4v) is 3.50. The van der Waals surface area contributed by atoms with Crippen molar-refractivity contribution in [3.63, 3.8) is 0 Å². The minimum absolute atomic E-state index is 0.0669. The van der Waals surface area contributed by atoms with Crippen molar-refractivity contribution in [1.82, 2.24) is 4.90 Å². The Labute approximate surface area is 177 Å². The monoisotopic (exact) mass is 412 g/mol. The van der Waals surface area contributed by atoms with Gasteiger partial charge in [-0.15, -0.1) is 0 Å². The number of fused-ring (bicyclic) bond motifs is 1. The number of anilines is 1. The molecule has 0 fully saturated rings. The summed E-state index contributed by atoms with van der Waals surface area (Å²) in [5.41, 5.74) is 1.78. The second-order valence-corrected chi connectivity index (χ2v) is 8.91. The Morgan fingerprint density at radius 2 is 1.97 bits per heavy atom. The number of nitrogens with one attached hydrogen (secondary N) is 1. The first-order chi connectivity index (χ1) is 14.2. The third-order valence-corrected chi connectivity index (χ3v) is 4.94. The Morgan fingerprint density at radius 1 is 1.23 bits per heavy atom. The molecule has 3 rings (SSSR count). The molecule has 1 aliphatic rings. The largest absolute Gasteiger partial charge is 0.480 e. The molecule has 1 aliphatic heterocycles. The van der Waals surface area contributed by atoms with E-state index in [1.54, 1.807) is 35.2 Å². The molecule has 1 atom stereocenters. The van der Waals surface area contributed by atoms with Crippen LogP contribution in [-0.2, 0) is 22.7 Å². The van der Waals surface area contributed by atoms with E-state index < -0.39 is 6.10 Å². The molecule has 1 heterocycles. The molecule has 2 aromatic rings. The molecule has 0 aliphatic carbocycles. The fourth-order valence-electron chi connectivity index (χ4n) is 3.50. The molecule has 0 spiro atoms. The van der Waals surface area contributed by atoms with Gasteiger partial charge in [-0.25, -0.2) is 4.39 Å². The van der Waals surface area contributed by atoms with E-state index in [-0.39, 0.29) is 36.1 Å². The Morgan fingerprint density at radius 3 is 2.63 bits per heavy atom. The molecule has 0 saturated heterocycles. The van der Waals surface area contributed by atoms with Gasteiger partial charge >= 0.3 is 0 Å². The second kappa shape index (κ2) is 8.86. The van der Waals surface area contributed by atoms with E-state index >= 15 is 0 Å². The summed E-state index contributed by atoms with van der Waals surface area (Å²) in [7, 11) is 0. The molecule has 30 heavy (non-hydrogen) atoms. The van der Waals surface area contributed by atoms with Gasteiger partial charge in [-0.1, -0.05) is 45.9 Å².